The summed E-state index contributed by atoms with van der Waals surface area (Å²) in [6, 6.07) is 0. The monoisotopic (exact) mass is 402 g/mol. The second kappa shape index (κ2) is 9.53. The van der Waals surface area contributed by atoms with Gasteiger partial charge < -0.3 is 0 Å². The quantitative estimate of drug-likeness (QED) is 0.349. The molecule has 0 spiro atoms. The second-order valence-corrected chi connectivity index (χ2v) is 4.68. The van der Waals surface area contributed by atoms with Gasteiger partial charge in [0.15, 0.2) is 0 Å². The van der Waals surface area contributed by atoms with Crippen LogP contribution in [0.4, 0.5) is 0 Å². The fourth-order valence-electron chi connectivity index (χ4n) is 0. The fraction of sp³-hybridized carbons (Fsp3) is 0. The Kier molecular flexibility index (Phi) is 15.1. The zero-order chi connectivity index (χ0) is 13.5. The van der Waals surface area contributed by atoms with Crippen molar-refractivity contribution in [3.8, 4) is 0 Å². The van der Waals surface area contributed by atoms with E-state index in [1.54, 1.807) is 0 Å². The van der Waals surface area contributed by atoms with E-state index in [4.69, 9.17) is 47.1 Å². The summed E-state index contributed by atoms with van der Waals surface area (Å²) >= 11 is -16.9. The molecule has 0 radical (unpaired) electrons. The van der Waals surface area contributed by atoms with E-state index in [0.717, 1.165) is 0 Å². The summed E-state index contributed by atoms with van der Waals surface area (Å²) < 4.78 is 103. The van der Waals surface area contributed by atoms with Gasteiger partial charge in [-0.25, -0.2) is 0 Å². The smallest absolute Gasteiger partial charge is 3.00 e. The first-order chi connectivity index (χ1) is 6.00. The maximum atomic E-state index is 8.58. The third kappa shape index (κ3) is 10200. The maximum absolute atomic E-state index is 8.58. The topological polar surface area (TPSA) is 223 Å². The molecule has 0 heterocycles. The summed E-state index contributed by atoms with van der Waals surface area (Å²) in [6.45, 7) is 0. The standard InChI is InChI=1S/3Mn.12O.Sc/q;;;;;;;;;;;;3*-1;+3. The Morgan fingerprint density at radius 2 is 0.438 bits per heavy atom. The van der Waals surface area contributed by atoms with Gasteiger partial charge in [0.1, 0.15) is 0 Å². The van der Waals surface area contributed by atoms with Crippen LogP contribution in [0.25, 0.3) is 0 Å². The molecule has 0 aliphatic rings. The third-order valence-electron chi connectivity index (χ3n) is 0. The molecule has 0 bridgehead atoms. The first-order valence-corrected chi connectivity index (χ1v) is 7.63. The normalized spacial score (nSPS) is 10.7. The van der Waals surface area contributed by atoms with Gasteiger partial charge in [0.25, 0.3) is 0 Å². The molecule has 0 fully saturated rings. The van der Waals surface area contributed by atoms with Crippen LogP contribution in [0.1, 0.15) is 0 Å². The van der Waals surface area contributed by atoms with Crippen LogP contribution in [0.15, 0.2) is 0 Å². The zero-order valence-corrected chi connectivity index (χ0v) is 12.0. The van der Waals surface area contributed by atoms with Gasteiger partial charge in [-0.05, 0) is 0 Å². The Morgan fingerprint density at radius 3 is 0.438 bits per heavy atom. The van der Waals surface area contributed by atoms with E-state index in [1.165, 1.54) is 0 Å². The molecule has 0 aromatic heterocycles. The molecule has 0 aliphatic heterocycles. The van der Waals surface area contributed by atoms with E-state index in [9.17, 15) is 0 Å². The summed E-state index contributed by atoms with van der Waals surface area (Å²) in [4.78, 5) is 0. The van der Waals surface area contributed by atoms with Gasteiger partial charge in [-0.15, -0.1) is 0 Å². The maximum Gasteiger partial charge on any atom is 3.00 e. The Balaban J connectivity index is -0.0000000655. The van der Waals surface area contributed by atoms with Crippen molar-refractivity contribution >= 4 is 0 Å². The van der Waals surface area contributed by atoms with E-state index < -0.39 is 38.9 Å². The second-order valence-electron chi connectivity index (χ2n) is 1.13. The minimum absolute atomic E-state index is 0. The van der Waals surface area contributed by atoms with E-state index >= 15 is 0 Å². The number of hydrogen-bond acceptors (Lipinski definition) is 12. The summed E-state index contributed by atoms with van der Waals surface area (Å²) in [5, 5.41) is 0. The summed E-state index contributed by atoms with van der Waals surface area (Å²) in [5.41, 5.74) is 0. The predicted octanol–water partition coefficient (Wildman–Crippen LogP) is -4.65. The van der Waals surface area contributed by atoms with Crippen molar-refractivity contribution in [3.05, 3.63) is 0 Å². The van der Waals surface area contributed by atoms with Crippen LogP contribution in [0.3, 0.4) is 0 Å². The van der Waals surface area contributed by atoms with Crippen LogP contribution in [0.5, 0.6) is 0 Å². The first kappa shape index (κ1) is 25.4. The number of hydrogen-bond donors (Lipinski definition) is 0. The average molecular weight is 402 g/mol. The SMILES string of the molecule is [O]=[Mn](=[O])(=[O])[O-].[O]=[Mn](=[O])(=[O])[O-].[O]=[Mn](=[O])(=[O])[O-].[Sc+3]. The molecule has 0 amide bonds. The van der Waals surface area contributed by atoms with Crippen LogP contribution in [0, 0.1) is 0 Å². The summed E-state index contributed by atoms with van der Waals surface area (Å²) in [6.07, 6.45) is 0. The van der Waals surface area contributed by atoms with Crippen molar-refractivity contribution in [1.29, 1.82) is 0 Å². The molecule has 0 unspecified atom stereocenters. The van der Waals surface area contributed by atoms with E-state index in [-0.39, 0.29) is 25.8 Å². The van der Waals surface area contributed by atoms with Crippen molar-refractivity contribution in [3.63, 3.8) is 0 Å². The molecule has 0 saturated carbocycles. The summed E-state index contributed by atoms with van der Waals surface area (Å²) in [7, 11) is 0. The molecular formula is Mn3O12Sc. The van der Waals surface area contributed by atoms with Gasteiger partial charge in [0.05, 0.1) is 0 Å². The van der Waals surface area contributed by atoms with E-state index in [0.29, 0.717) is 0 Å². The van der Waals surface area contributed by atoms with Crippen molar-refractivity contribution in [2.24, 2.45) is 0 Å². The van der Waals surface area contributed by atoms with Crippen molar-refractivity contribution in [2.45, 2.75) is 0 Å². The van der Waals surface area contributed by atoms with Gasteiger partial charge in [-0.2, -0.15) is 0 Å². The fourth-order valence-corrected chi connectivity index (χ4v) is 0. The van der Waals surface area contributed by atoms with E-state index in [2.05, 4.69) is 0 Å². The molecule has 96 valence electrons. The molecule has 0 aromatic rings. The van der Waals surface area contributed by atoms with Gasteiger partial charge in [-0.1, -0.05) is 0 Å². The predicted molar refractivity (Wildman–Crippen MR) is 6.18 cm³/mol. The van der Waals surface area contributed by atoms with Gasteiger partial charge in [-0.3, -0.25) is 0 Å². The first-order valence-electron chi connectivity index (χ1n) is 1.85. The van der Waals surface area contributed by atoms with Gasteiger partial charge >= 0.3 is 112 Å². The molecule has 16 heteroatoms. The van der Waals surface area contributed by atoms with Crippen molar-refractivity contribution in [1.82, 2.24) is 0 Å². The molecule has 0 rings (SSSR count). The average Bonchev–Trinajstić information content (AvgIpc) is 1.41. The Morgan fingerprint density at radius 1 is 0.438 bits per heavy atom. The van der Waals surface area contributed by atoms with E-state index in [1.807, 2.05) is 0 Å². The van der Waals surface area contributed by atoms with Gasteiger partial charge in [0.2, 0.25) is 0 Å². The molecule has 0 saturated heterocycles. The van der Waals surface area contributed by atoms with Crippen molar-refractivity contribution in [2.75, 3.05) is 0 Å². The molecule has 0 aliphatic carbocycles. The Labute approximate surface area is 111 Å². The largest absolute Gasteiger partial charge is 3.00 e. The van der Waals surface area contributed by atoms with Crippen molar-refractivity contribution < 1.29 is 112 Å². The molecule has 0 aromatic carbocycles. The summed E-state index contributed by atoms with van der Waals surface area (Å²) in [5.74, 6) is 0. The third-order valence-corrected chi connectivity index (χ3v) is 0. The van der Waals surface area contributed by atoms with Crippen LogP contribution in [-0.2, 0) is 99.3 Å². The Bertz CT molecular complexity index is 480. The minimum Gasteiger partial charge on any atom is 3.00 e. The van der Waals surface area contributed by atoms with Crippen LogP contribution >= 0.6 is 0 Å². The zero-order valence-electron chi connectivity index (χ0n) is 6.61. The van der Waals surface area contributed by atoms with Crippen LogP contribution < -0.4 is 12.6 Å². The van der Waals surface area contributed by atoms with Gasteiger partial charge in [0, 0.05) is 0 Å². The molecule has 12 nitrogen and oxygen atoms in total. The Hall–Kier alpha value is 0.509. The molecular weight excluding hydrogens is 402 g/mol. The molecule has 16 heavy (non-hydrogen) atoms. The van der Waals surface area contributed by atoms with Crippen LogP contribution in [0.2, 0.25) is 0 Å². The van der Waals surface area contributed by atoms with Crippen LogP contribution in [-0.4, -0.2) is 0 Å². The molecule has 0 atom stereocenters. The number of rotatable bonds is 0. The molecule has 0 N–H and O–H groups in total. The minimum atomic E-state index is -5.62.